The van der Waals surface area contributed by atoms with Crippen LogP contribution >= 0.6 is 11.3 Å². The number of carbonyl (C=O) groups is 1. The number of aryl methyl sites for hydroxylation is 1. The number of benzene rings is 1. The molecule has 4 rings (SSSR count). The number of piperidine rings is 1. The van der Waals surface area contributed by atoms with Gasteiger partial charge in [0, 0.05) is 37.0 Å². The molecule has 170 valence electrons. The molecule has 0 aliphatic carbocycles. The zero-order valence-electron chi connectivity index (χ0n) is 17.5. The van der Waals surface area contributed by atoms with Crippen molar-refractivity contribution in [1.82, 2.24) is 19.8 Å². The summed E-state index contributed by atoms with van der Waals surface area (Å²) in [5.41, 5.74) is 1.36. The Kier molecular flexibility index (Phi) is 6.68. The predicted molar refractivity (Wildman–Crippen MR) is 117 cm³/mol. The average molecular weight is 479 g/mol. The maximum atomic E-state index is 13.2. The molecule has 8 nitrogen and oxygen atoms in total. The van der Waals surface area contributed by atoms with Crippen LogP contribution in [0.25, 0.3) is 11.4 Å². The van der Waals surface area contributed by atoms with Gasteiger partial charge < -0.3 is 9.84 Å². The van der Waals surface area contributed by atoms with E-state index in [1.807, 2.05) is 6.92 Å². The molecule has 1 amide bonds. The van der Waals surface area contributed by atoms with E-state index in [-0.39, 0.29) is 29.0 Å². The van der Waals surface area contributed by atoms with Crippen LogP contribution in [-0.4, -0.2) is 41.9 Å². The van der Waals surface area contributed by atoms with Crippen molar-refractivity contribution in [3.05, 3.63) is 53.0 Å². The quantitative estimate of drug-likeness (QED) is 0.559. The van der Waals surface area contributed by atoms with Crippen molar-refractivity contribution < 1.29 is 22.1 Å². The first-order valence-corrected chi connectivity index (χ1v) is 12.6. The Morgan fingerprint density at radius 1 is 1.34 bits per heavy atom. The topological polar surface area (TPSA) is 105 Å². The molecule has 3 heterocycles. The van der Waals surface area contributed by atoms with E-state index in [1.165, 1.54) is 16.4 Å². The van der Waals surface area contributed by atoms with Crippen LogP contribution in [0.1, 0.15) is 31.2 Å². The van der Waals surface area contributed by atoms with Gasteiger partial charge in [0.25, 0.3) is 10.0 Å². The normalized spacial score (nSPS) is 17.4. The lowest BCUT2D eigenvalue weighted by atomic mass is 9.99. The van der Waals surface area contributed by atoms with E-state index in [0.29, 0.717) is 43.1 Å². The van der Waals surface area contributed by atoms with E-state index in [4.69, 9.17) is 4.52 Å². The lowest BCUT2D eigenvalue weighted by molar-refractivity contribution is -0.126. The van der Waals surface area contributed by atoms with Crippen LogP contribution in [0.15, 0.2) is 44.4 Å². The molecule has 32 heavy (non-hydrogen) atoms. The molecule has 0 bridgehead atoms. The Morgan fingerprint density at radius 3 is 2.84 bits per heavy atom. The second-order valence-corrected chi connectivity index (χ2v) is 10.6. The second kappa shape index (κ2) is 9.47. The van der Waals surface area contributed by atoms with E-state index < -0.39 is 15.9 Å². The van der Waals surface area contributed by atoms with Gasteiger partial charge in [-0.2, -0.15) is 9.29 Å². The minimum Gasteiger partial charge on any atom is -0.352 e. The maximum absolute atomic E-state index is 13.2. The number of nitrogens with one attached hydrogen (secondary N) is 1. The SMILES string of the molecule is CCc1nc(-c2csc(S(=O)(=O)N3CCCC(C(=O)NCc4ccc(F)cc4)C3)c2)no1. The number of carbonyl (C=O) groups excluding carboxylic acids is 1. The van der Waals surface area contributed by atoms with Gasteiger partial charge in [-0.3, -0.25) is 4.79 Å². The lowest BCUT2D eigenvalue weighted by Gasteiger charge is -2.30. The predicted octanol–water partition coefficient (Wildman–Crippen LogP) is 3.22. The largest absolute Gasteiger partial charge is 0.352 e. The van der Waals surface area contributed by atoms with Crippen molar-refractivity contribution in [3.8, 4) is 11.4 Å². The first kappa shape index (κ1) is 22.6. The van der Waals surface area contributed by atoms with E-state index in [0.717, 1.165) is 16.9 Å². The monoisotopic (exact) mass is 478 g/mol. The highest BCUT2D eigenvalue weighted by atomic mass is 32.2. The highest BCUT2D eigenvalue weighted by Gasteiger charge is 2.34. The van der Waals surface area contributed by atoms with Crippen LogP contribution in [0.5, 0.6) is 0 Å². The molecule has 1 aliphatic heterocycles. The molecule has 3 aromatic rings. The summed E-state index contributed by atoms with van der Waals surface area (Å²) in [7, 11) is -3.74. The molecule has 0 saturated carbocycles. The van der Waals surface area contributed by atoms with Gasteiger partial charge in [-0.1, -0.05) is 24.2 Å². The van der Waals surface area contributed by atoms with Gasteiger partial charge in [-0.25, -0.2) is 12.8 Å². The van der Waals surface area contributed by atoms with Crippen molar-refractivity contribution >= 4 is 27.3 Å². The molecule has 0 radical (unpaired) electrons. The molecule has 2 aromatic heterocycles. The van der Waals surface area contributed by atoms with Crippen LogP contribution in [0.2, 0.25) is 0 Å². The fourth-order valence-corrected chi connectivity index (χ4v) is 6.36. The Morgan fingerprint density at radius 2 is 2.12 bits per heavy atom. The molecule has 1 aromatic carbocycles. The highest BCUT2D eigenvalue weighted by molar-refractivity contribution is 7.91. The molecular formula is C21H23FN4O4S2. The van der Waals surface area contributed by atoms with Gasteiger partial charge in [0.05, 0.1) is 5.92 Å². The Bertz CT molecular complexity index is 1190. The first-order valence-electron chi connectivity index (χ1n) is 10.3. The minimum atomic E-state index is -3.74. The molecule has 0 spiro atoms. The van der Waals surface area contributed by atoms with Gasteiger partial charge in [-0.05, 0) is 36.6 Å². The van der Waals surface area contributed by atoms with E-state index >= 15 is 0 Å². The number of hydrogen-bond acceptors (Lipinski definition) is 7. The zero-order chi connectivity index (χ0) is 22.7. The minimum absolute atomic E-state index is 0.118. The summed E-state index contributed by atoms with van der Waals surface area (Å²) in [5.74, 6) is -0.143. The lowest BCUT2D eigenvalue weighted by Crippen LogP contribution is -2.45. The molecule has 1 unspecified atom stereocenters. The second-order valence-electron chi connectivity index (χ2n) is 7.57. The summed E-state index contributed by atoms with van der Waals surface area (Å²) >= 11 is 1.10. The summed E-state index contributed by atoms with van der Waals surface area (Å²) in [6.45, 7) is 2.64. The summed E-state index contributed by atoms with van der Waals surface area (Å²) in [4.78, 5) is 16.9. The third kappa shape index (κ3) is 4.89. The summed E-state index contributed by atoms with van der Waals surface area (Å²) < 4.78 is 46.0. The third-order valence-corrected chi connectivity index (χ3v) is 8.61. The average Bonchev–Trinajstić information content (AvgIpc) is 3.48. The summed E-state index contributed by atoms with van der Waals surface area (Å²) in [6, 6.07) is 7.43. The van der Waals surface area contributed by atoms with Crippen molar-refractivity contribution in [1.29, 1.82) is 0 Å². The Labute approximate surface area is 189 Å². The molecule has 11 heteroatoms. The first-order chi connectivity index (χ1) is 15.4. The zero-order valence-corrected chi connectivity index (χ0v) is 19.1. The van der Waals surface area contributed by atoms with Crippen molar-refractivity contribution in [3.63, 3.8) is 0 Å². The molecule has 1 N–H and O–H groups in total. The van der Waals surface area contributed by atoms with Crippen LogP contribution in [0.4, 0.5) is 4.39 Å². The summed E-state index contributed by atoms with van der Waals surface area (Å²) in [5, 5.41) is 8.40. The molecule has 1 saturated heterocycles. The van der Waals surface area contributed by atoms with Gasteiger partial charge in [0.2, 0.25) is 17.6 Å². The van der Waals surface area contributed by atoms with E-state index in [9.17, 15) is 17.6 Å². The Balaban J connectivity index is 1.41. The maximum Gasteiger partial charge on any atom is 0.252 e. The van der Waals surface area contributed by atoms with Crippen molar-refractivity contribution in [2.75, 3.05) is 13.1 Å². The van der Waals surface area contributed by atoms with Crippen molar-refractivity contribution in [2.24, 2.45) is 5.92 Å². The Hall–Kier alpha value is -2.63. The number of thiophene rings is 1. The van der Waals surface area contributed by atoms with Gasteiger partial charge in [0.15, 0.2) is 0 Å². The van der Waals surface area contributed by atoms with Crippen LogP contribution in [-0.2, 0) is 27.8 Å². The van der Waals surface area contributed by atoms with Crippen LogP contribution in [0.3, 0.4) is 0 Å². The highest BCUT2D eigenvalue weighted by Crippen LogP contribution is 2.31. The molecule has 1 aliphatic rings. The number of hydrogen-bond donors (Lipinski definition) is 1. The van der Waals surface area contributed by atoms with Crippen LogP contribution < -0.4 is 5.32 Å². The van der Waals surface area contributed by atoms with Gasteiger partial charge >= 0.3 is 0 Å². The standard InChI is InChI=1S/C21H23FN4O4S2/c1-2-18-24-20(25-30-18)16-10-19(31-13-16)32(28,29)26-9-3-4-15(12-26)21(27)23-11-14-5-7-17(22)8-6-14/h5-8,10,13,15H,2-4,9,11-12H2,1H3,(H,23,27). The van der Waals surface area contributed by atoms with E-state index in [1.54, 1.807) is 23.6 Å². The fourth-order valence-electron chi connectivity index (χ4n) is 3.52. The van der Waals surface area contributed by atoms with Gasteiger partial charge in [0.1, 0.15) is 10.0 Å². The fraction of sp³-hybridized carbons (Fsp3) is 0.381. The number of rotatable bonds is 7. The number of sulfonamides is 1. The molecular weight excluding hydrogens is 455 g/mol. The van der Waals surface area contributed by atoms with E-state index in [2.05, 4.69) is 15.5 Å². The number of halogens is 1. The molecule has 1 atom stereocenters. The van der Waals surface area contributed by atoms with Crippen molar-refractivity contribution in [2.45, 2.75) is 36.9 Å². The van der Waals surface area contributed by atoms with Crippen LogP contribution in [0, 0.1) is 11.7 Å². The number of nitrogens with zero attached hydrogens (tertiary/aromatic N) is 3. The summed E-state index contributed by atoms with van der Waals surface area (Å²) in [6.07, 6.45) is 1.80. The van der Waals surface area contributed by atoms with Gasteiger partial charge in [-0.15, -0.1) is 11.3 Å². The number of aromatic nitrogens is 2. The smallest absolute Gasteiger partial charge is 0.252 e. The molecule has 1 fully saturated rings. The third-order valence-electron chi connectivity index (χ3n) is 5.33. The number of amides is 1.